The summed E-state index contributed by atoms with van der Waals surface area (Å²) < 4.78 is 19.2. The SMILES string of the molecule is O=C(Nc1ccncc1F)C1(c2cccc(Cl)c2)CCOCC1. The van der Waals surface area contributed by atoms with Crippen molar-refractivity contribution >= 4 is 23.2 Å². The standard InChI is InChI=1S/C17H16ClFN2O2/c18-13-3-1-2-12(10-13)17(5-8-23-9-6-17)16(22)21-15-4-7-20-11-14(15)19/h1-4,7,10-11H,5-6,8-9H2,(H,20,21,22). The largest absolute Gasteiger partial charge is 0.381 e. The summed E-state index contributed by atoms with van der Waals surface area (Å²) in [6.45, 7) is 0.942. The Morgan fingerprint density at radius 1 is 1.30 bits per heavy atom. The third-order valence-electron chi connectivity index (χ3n) is 4.18. The van der Waals surface area contributed by atoms with Crippen LogP contribution < -0.4 is 5.32 Å². The normalized spacial score (nSPS) is 16.8. The number of carbonyl (C=O) groups excluding carboxylic acids is 1. The van der Waals surface area contributed by atoms with Crippen molar-refractivity contribution in [1.29, 1.82) is 0 Å². The Labute approximate surface area is 138 Å². The highest BCUT2D eigenvalue weighted by Crippen LogP contribution is 2.37. The summed E-state index contributed by atoms with van der Waals surface area (Å²) in [5, 5.41) is 3.25. The van der Waals surface area contributed by atoms with Crippen LogP contribution in [-0.4, -0.2) is 24.1 Å². The molecule has 0 bridgehead atoms. The molecule has 3 rings (SSSR count). The Balaban J connectivity index is 1.96. The van der Waals surface area contributed by atoms with Crippen molar-refractivity contribution in [1.82, 2.24) is 4.98 Å². The topological polar surface area (TPSA) is 51.2 Å². The van der Waals surface area contributed by atoms with Crippen LogP contribution in [0, 0.1) is 5.82 Å². The van der Waals surface area contributed by atoms with E-state index < -0.39 is 11.2 Å². The van der Waals surface area contributed by atoms with Gasteiger partial charge in [-0.15, -0.1) is 0 Å². The van der Waals surface area contributed by atoms with Crippen LogP contribution in [0.3, 0.4) is 0 Å². The van der Waals surface area contributed by atoms with Gasteiger partial charge in [-0.1, -0.05) is 23.7 Å². The van der Waals surface area contributed by atoms with E-state index in [9.17, 15) is 9.18 Å². The van der Waals surface area contributed by atoms with Crippen molar-refractivity contribution in [3.05, 3.63) is 59.1 Å². The van der Waals surface area contributed by atoms with Crippen LogP contribution >= 0.6 is 11.6 Å². The van der Waals surface area contributed by atoms with Crippen molar-refractivity contribution in [2.24, 2.45) is 0 Å². The lowest BCUT2D eigenvalue weighted by Crippen LogP contribution is -2.45. The van der Waals surface area contributed by atoms with E-state index in [-0.39, 0.29) is 11.6 Å². The number of hydrogen-bond donors (Lipinski definition) is 1. The highest BCUT2D eigenvalue weighted by Gasteiger charge is 2.42. The Morgan fingerprint density at radius 3 is 2.78 bits per heavy atom. The first-order chi connectivity index (χ1) is 11.1. The quantitative estimate of drug-likeness (QED) is 0.933. The third kappa shape index (κ3) is 3.21. The Kier molecular flexibility index (Phi) is 4.59. The van der Waals surface area contributed by atoms with Crippen molar-refractivity contribution in [3.8, 4) is 0 Å². The summed E-state index contributed by atoms with van der Waals surface area (Å²) in [6.07, 6.45) is 3.55. The smallest absolute Gasteiger partial charge is 0.235 e. The lowest BCUT2D eigenvalue weighted by atomic mass is 9.73. The number of pyridine rings is 1. The van der Waals surface area contributed by atoms with Crippen molar-refractivity contribution in [2.75, 3.05) is 18.5 Å². The second-order valence-electron chi connectivity index (χ2n) is 5.51. The van der Waals surface area contributed by atoms with Gasteiger partial charge in [0.25, 0.3) is 0 Å². The van der Waals surface area contributed by atoms with Gasteiger partial charge in [0.1, 0.15) is 0 Å². The zero-order chi connectivity index (χ0) is 16.3. The minimum atomic E-state index is -0.779. The molecule has 1 N–H and O–H groups in total. The van der Waals surface area contributed by atoms with Gasteiger partial charge in [-0.05, 0) is 36.6 Å². The molecular formula is C17H16ClFN2O2. The molecule has 0 unspecified atom stereocenters. The lowest BCUT2D eigenvalue weighted by Gasteiger charge is -2.36. The zero-order valence-corrected chi connectivity index (χ0v) is 13.1. The molecule has 23 heavy (non-hydrogen) atoms. The van der Waals surface area contributed by atoms with Gasteiger partial charge in [-0.25, -0.2) is 4.39 Å². The first-order valence-electron chi connectivity index (χ1n) is 7.36. The number of ether oxygens (including phenoxy) is 1. The summed E-state index contributed by atoms with van der Waals surface area (Å²) in [5.41, 5.74) is 0.164. The molecule has 1 aliphatic heterocycles. The van der Waals surface area contributed by atoms with Crippen LogP contribution in [0.25, 0.3) is 0 Å². The first-order valence-corrected chi connectivity index (χ1v) is 7.74. The van der Waals surface area contributed by atoms with E-state index in [1.807, 2.05) is 12.1 Å². The van der Waals surface area contributed by atoms with Crippen LogP contribution in [0.1, 0.15) is 18.4 Å². The Hall–Kier alpha value is -1.98. The van der Waals surface area contributed by atoms with Crippen molar-refractivity contribution in [3.63, 3.8) is 0 Å². The van der Waals surface area contributed by atoms with Crippen LogP contribution in [-0.2, 0) is 14.9 Å². The summed E-state index contributed by atoms with van der Waals surface area (Å²) in [4.78, 5) is 16.6. The molecule has 0 saturated carbocycles. The predicted octanol–water partition coefficient (Wildman–Crippen LogP) is 3.56. The van der Waals surface area contributed by atoms with Gasteiger partial charge < -0.3 is 10.1 Å². The Bertz CT molecular complexity index is 717. The molecule has 1 fully saturated rings. The number of hydrogen-bond acceptors (Lipinski definition) is 3. The summed E-state index contributed by atoms with van der Waals surface area (Å²) >= 11 is 6.08. The summed E-state index contributed by atoms with van der Waals surface area (Å²) in [5.74, 6) is -0.817. The van der Waals surface area contributed by atoms with Crippen LogP contribution in [0.15, 0.2) is 42.7 Å². The van der Waals surface area contributed by atoms with Gasteiger partial charge in [0, 0.05) is 24.4 Å². The van der Waals surface area contributed by atoms with E-state index in [0.717, 1.165) is 11.8 Å². The number of nitrogens with one attached hydrogen (secondary N) is 1. The molecule has 2 heterocycles. The number of halogens is 2. The third-order valence-corrected chi connectivity index (χ3v) is 4.41. The zero-order valence-electron chi connectivity index (χ0n) is 12.4. The minimum absolute atomic E-state index is 0.123. The number of anilines is 1. The molecule has 1 aromatic heterocycles. The molecule has 4 nitrogen and oxygen atoms in total. The molecule has 1 amide bonds. The molecule has 0 spiro atoms. The van der Waals surface area contributed by atoms with Crippen molar-refractivity contribution < 1.29 is 13.9 Å². The molecule has 1 aromatic carbocycles. The number of aromatic nitrogens is 1. The molecule has 0 radical (unpaired) electrons. The highest BCUT2D eigenvalue weighted by atomic mass is 35.5. The Morgan fingerprint density at radius 2 is 2.09 bits per heavy atom. The highest BCUT2D eigenvalue weighted by molar-refractivity contribution is 6.30. The number of amides is 1. The maximum atomic E-state index is 13.8. The van der Waals surface area contributed by atoms with E-state index in [0.29, 0.717) is 31.1 Å². The molecule has 2 aromatic rings. The fraction of sp³-hybridized carbons (Fsp3) is 0.294. The fourth-order valence-corrected chi connectivity index (χ4v) is 3.06. The van der Waals surface area contributed by atoms with Gasteiger partial charge in [0.15, 0.2) is 5.82 Å². The van der Waals surface area contributed by atoms with Crippen molar-refractivity contribution in [2.45, 2.75) is 18.3 Å². The minimum Gasteiger partial charge on any atom is -0.381 e. The van der Waals surface area contributed by atoms with Crippen LogP contribution in [0.2, 0.25) is 5.02 Å². The summed E-state index contributed by atoms with van der Waals surface area (Å²) in [6, 6.07) is 8.68. The van der Waals surface area contributed by atoms with Crippen LogP contribution in [0.4, 0.5) is 10.1 Å². The predicted molar refractivity (Wildman–Crippen MR) is 86.0 cm³/mol. The molecule has 1 saturated heterocycles. The molecule has 120 valence electrons. The van der Waals surface area contributed by atoms with Gasteiger partial charge in [-0.3, -0.25) is 9.78 Å². The molecular weight excluding hydrogens is 319 g/mol. The van der Waals surface area contributed by atoms with E-state index >= 15 is 0 Å². The average Bonchev–Trinajstić information content (AvgIpc) is 2.57. The van der Waals surface area contributed by atoms with Crippen LogP contribution in [0.5, 0.6) is 0 Å². The van der Waals surface area contributed by atoms with Gasteiger partial charge >= 0.3 is 0 Å². The fourth-order valence-electron chi connectivity index (χ4n) is 2.87. The number of nitrogens with zero attached hydrogens (tertiary/aromatic N) is 1. The molecule has 1 aliphatic rings. The number of rotatable bonds is 3. The van der Waals surface area contributed by atoms with Gasteiger partial charge in [0.2, 0.25) is 5.91 Å². The first kappa shape index (κ1) is 15.9. The molecule has 0 atom stereocenters. The van der Waals surface area contributed by atoms with E-state index in [1.54, 1.807) is 12.1 Å². The molecule has 6 heteroatoms. The van der Waals surface area contributed by atoms with E-state index in [1.165, 1.54) is 12.3 Å². The summed E-state index contributed by atoms with van der Waals surface area (Å²) in [7, 11) is 0. The second kappa shape index (κ2) is 6.64. The number of carbonyl (C=O) groups is 1. The number of benzene rings is 1. The lowest BCUT2D eigenvalue weighted by molar-refractivity contribution is -0.125. The maximum absolute atomic E-state index is 13.8. The van der Waals surface area contributed by atoms with E-state index in [4.69, 9.17) is 16.3 Å². The monoisotopic (exact) mass is 334 g/mol. The van der Waals surface area contributed by atoms with E-state index in [2.05, 4.69) is 10.3 Å². The average molecular weight is 335 g/mol. The van der Waals surface area contributed by atoms with Gasteiger partial charge in [-0.2, -0.15) is 0 Å². The second-order valence-corrected chi connectivity index (χ2v) is 5.95. The maximum Gasteiger partial charge on any atom is 0.235 e. The van der Waals surface area contributed by atoms with Gasteiger partial charge in [0.05, 0.1) is 17.3 Å². The molecule has 0 aliphatic carbocycles.